The van der Waals surface area contributed by atoms with E-state index in [4.69, 9.17) is 4.74 Å². The van der Waals surface area contributed by atoms with E-state index in [2.05, 4.69) is 27.1 Å². The number of amides is 1. The largest absolute Gasteiger partial charge is 0.493 e. The number of halogens is 2. The number of methoxy groups -OCH3 is 1. The predicted octanol–water partition coefficient (Wildman–Crippen LogP) is 3.69. The van der Waals surface area contributed by atoms with Gasteiger partial charge >= 0.3 is 6.61 Å². The lowest BCUT2D eigenvalue weighted by Crippen LogP contribution is -2.47. The Kier molecular flexibility index (Phi) is 6.81. The van der Waals surface area contributed by atoms with E-state index in [1.165, 1.54) is 30.9 Å². The molecular weight excluding hydrogens is 366 g/mol. The molecule has 1 saturated heterocycles. The molecule has 1 amide bonds. The van der Waals surface area contributed by atoms with Gasteiger partial charge in [0.1, 0.15) is 0 Å². The van der Waals surface area contributed by atoms with E-state index in [1.54, 1.807) is 0 Å². The molecule has 28 heavy (non-hydrogen) atoms. The van der Waals surface area contributed by atoms with E-state index in [9.17, 15) is 13.6 Å². The van der Waals surface area contributed by atoms with E-state index in [1.807, 2.05) is 18.2 Å². The second-order valence-electron chi connectivity index (χ2n) is 6.78. The molecular formula is C21H24F2N2O3. The molecule has 1 N–H and O–H groups in total. The van der Waals surface area contributed by atoms with Crippen molar-refractivity contribution in [1.29, 1.82) is 0 Å². The Morgan fingerprint density at radius 1 is 1.21 bits per heavy atom. The van der Waals surface area contributed by atoms with Gasteiger partial charge in [-0.15, -0.1) is 0 Å². The number of piperidine rings is 1. The van der Waals surface area contributed by atoms with Crippen LogP contribution in [0.3, 0.4) is 0 Å². The van der Waals surface area contributed by atoms with Crippen molar-refractivity contribution in [2.75, 3.05) is 20.2 Å². The van der Waals surface area contributed by atoms with Crippen molar-refractivity contribution in [1.82, 2.24) is 10.2 Å². The van der Waals surface area contributed by atoms with Crippen molar-refractivity contribution in [3.8, 4) is 11.5 Å². The first-order valence-corrected chi connectivity index (χ1v) is 9.25. The van der Waals surface area contributed by atoms with Crippen molar-refractivity contribution in [3.05, 3.63) is 59.7 Å². The molecule has 0 radical (unpaired) electrons. The Morgan fingerprint density at radius 2 is 2.00 bits per heavy atom. The van der Waals surface area contributed by atoms with Crippen LogP contribution in [0, 0.1) is 0 Å². The molecule has 0 spiro atoms. The zero-order chi connectivity index (χ0) is 19.9. The number of nitrogens with zero attached hydrogens (tertiary/aromatic N) is 1. The standard InChI is InChI=1S/C21H24F2N2O3/c1-27-18-10-9-16(12-19(18)28-21(22)23)20(26)24-17-8-5-11-25(14-17)13-15-6-3-2-4-7-15/h2-4,6-7,9-10,12,17,21H,5,8,11,13-14H2,1H3,(H,24,26). The number of nitrogens with one attached hydrogen (secondary N) is 1. The van der Waals surface area contributed by atoms with Crippen LogP contribution in [0.15, 0.2) is 48.5 Å². The van der Waals surface area contributed by atoms with Gasteiger partial charge in [0.2, 0.25) is 0 Å². The minimum Gasteiger partial charge on any atom is -0.493 e. The van der Waals surface area contributed by atoms with Crippen molar-refractivity contribution in [2.24, 2.45) is 0 Å². The SMILES string of the molecule is COc1ccc(C(=O)NC2CCCN(Cc3ccccc3)C2)cc1OC(F)F. The summed E-state index contributed by atoms with van der Waals surface area (Å²) in [6.45, 7) is -0.424. The van der Waals surface area contributed by atoms with Crippen LogP contribution >= 0.6 is 0 Å². The number of carbonyl (C=O) groups is 1. The highest BCUT2D eigenvalue weighted by molar-refractivity contribution is 5.95. The third-order valence-corrected chi connectivity index (χ3v) is 4.73. The number of alkyl halides is 2. The van der Waals surface area contributed by atoms with E-state index in [0.29, 0.717) is 0 Å². The maximum Gasteiger partial charge on any atom is 0.387 e. The topological polar surface area (TPSA) is 50.8 Å². The first kappa shape index (κ1) is 20.1. The first-order valence-electron chi connectivity index (χ1n) is 9.25. The second kappa shape index (κ2) is 9.50. The molecule has 7 heteroatoms. The third-order valence-electron chi connectivity index (χ3n) is 4.73. The van der Waals surface area contributed by atoms with Crippen LogP contribution in [0.2, 0.25) is 0 Å². The normalized spacial score (nSPS) is 17.4. The number of ether oxygens (including phenoxy) is 2. The van der Waals surface area contributed by atoms with Crippen LogP contribution in [0.4, 0.5) is 8.78 Å². The van der Waals surface area contributed by atoms with Gasteiger partial charge in [0.05, 0.1) is 7.11 Å². The lowest BCUT2D eigenvalue weighted by molar-refractivity contribution is -0.0512. The highest BCUT2D eigenvalue weighted by atomic mass is 19.3. The summed E-state index contributed by atoms with van der Waals surface area (Å²) in [5, 5.41) is 3.00. The van der Waals surface area contributed by atoms with Crippen LogP contribution < -0.4 is 14.8 Å². The van der Waals surface area contributed by atoms with Gasteiger partial charge in [-0.2, -0.15) is 8.78 Å². The Balaban J connectivity index is 1.62. The fourth-order valence-corrected chi connectivity index (χ4v) is 3.43. The van der Waals surface area contributed by atoms with Crippen molar-refractivity contribution in [3.63, 3.8) is 0 Å². The smallest absolute Gasteiger partial charge is 0.387 e. The molecule has 0 aliphatic carbocycles. The zero-order valence-corrected chi connectivity index (χ0v) is 15.7. The molecule has 1 atom stereocenters. The van der Waals surface area contributed by atoms with Gasteiger partial charge in [-0.1, -0.05) is 30.3 Å². The molecule has 1 aliphatic heterocycles. The highest BCUT2D eigenvalue weighted by Crippen LogP contribution is 2.29. The molecule has 2 aromatic carbocycles. The molecule has 3 rings (SSSR count). The average Bonchev–Trinajstić information content (AvgIpc) is 2.68. The lowest BCUT2D eigenvalue weighted by atomic mass is 10.0. The fraction of sp³-hybridized carbons (Fsp3) is 0.381. The average molecular weight is 390 g/mol. The molecule has 150 valence electrons. The summed E-state index contributed by atoms with van der Waals surface area (Å²) in [5.41, 5.74) is 1.50. The summed E-state index contributed by atoms with van der Waals surface area (Å²) in [5.74, 6) is -0.309. The lowest BCUT2D eigenvalue weighted by Gasteiger charge is -2.33. The van der Waals surface area contributed by atoms with Crippen LogP contribution in [0.25, 0.3) is 0 Å². The van der Waals surface area contributed by atoms with Gasteiger partial charge in [0.15, 0.2) is 11.5 Å². The third kappa shape index (κ3) is 5.42. The Bertz CT molecular complexity index is 786. The van der Waals surface area contributed by atoms with Crippen molar-refractivity contribution >= 4 is 5.91 Å². The van der Waals surface area contributed by atoms with Crippen molar-refractivity contribution < 1.29 is 23.0 Å². The van der Waals surface area contributed by atoms with E-state index in [0.717, 1.165) is 32.5 Å². The number of benzene rings is 2. The highest BCUT2D eigenvalue weighted by Gasteiger charge is 2.23. The quantitative estimate of drug-likeness (QED) is 0.784. The molecule has 5 nitrogen and oxygen atoms in total. The maximum atomic E-state index is 12.6. The van der Waals surface area contributed by atoms with Gasteiger partial charge in [-0.3, -0.25) is 9.69 Å². The predicted molar refractivity (Wildman–Crippen MR) is 102 cm³/mol. The maximum absolute atomic E-state index is 12.6. The van der Waals surface area contributed by atoms with Gasteiger partial charge in [0.25, 0.3) is 5.91 Å². The molecule has 0 aromatic heterocycles. The van der Waals surface area contributed by atoms with Crippen LogP contribution in [-0.4, -0.2) is 43.7 Å². The number of likely N-dealkylation sites (tertiary alicyclic amines) is 1. The van der Waals surface area contributed by atoms with Gasteiger partial charge in [-0.05, 0) is 43.1 Å². The Labute approximate surface area is 163 Å². The monoisotopic (exact) mass is 390 g/mol. The number of carbonyl (C=O) groups excluding carboxylic acids is 1. The number of hydrogen-bond donors (Lipinski definition) is 1. The molecule has 1 heterocycles. The molecule has 1 fully saturated rings. The van der Waals surface area contributed by atoms with Gasteiger partial charge in [-0.25, -0.2) is 0 Å². The molecule has 0 bridgehead atoms. The summed E-state index contributed by atoms with van der Waals surface area (Å²) in [4.78, 5) is 14.9. The van der Waals surface area contributed by atoms with E-state index < -0.39 is 6.61 Å². The van der Waals surface area contributed by atoms with E-state index >= 15 is 0 Å². The zero-order valence-electron chi connectivity index (χ0n) is 15.7. The van der Waals surface area contributed by atoms with Gasteiger partial charge in [0, 0.05) is 24.7 Å². The Morgan fingerprint density at radius 3 is 2.71 bits per heavy atom. The fourth-order valence-electron chi connectivity index (χ4n) is 3.43. The molecule has 1 unspecified atom stereocenters. The first-order chi connectivity index (χ1) is 13.5. The van der Waals surface area contributed by atoms with Crippen LogP contribution in [0.1, 0.15) is 28.8 Å². The number of hydrogen-bond acceptors (Lipinski definition) is 4. The Hall–Kier alpha value is -2.67. The van der Waals surface area contributed by atoms with Gasteiger partial charge < -0.3 is 14.8 Å². The summed E-state index contributed by atoms with van der Waals surface area (Å²) < 4.78 is 34.6. The summed E-state index contributed by atoms with van der Waals surface area (Å²) in [7, 11) is 1.36. The van der Waals surface area contributed by atoms with Crippen molar-refractivity contribution in [2.45, 2.75) is 32.0 Å². The molecule has 0 saturated carbocycles. The van der Waals surface area contributed by atoms with Crippen LogP contribution in [-0.2, 0) is 6.54 Å². The molecule has 1 aliphatic rings. The second-order valence-corrected chi connectivity index (χ2v) is 6.78. The van der Waals surface area contributed by atoms with E-state index in [-0.39, 0.29) is 29.0 Å². The molecule has 2 aromatic rings. The summed E-state index contributed by atoms with van der Waals surface area (Å²) >= 11 is 0. The summed E-state index contributed by atoms with van der Waals surface area (Å²) in [6, 6.07) is 14.5. The number of rotatable bonds is 7. The minimum absolute atomic E-state index is 0.00605. The minimum atomic E-state index is -2.99. The van der Waals surface area contributed by atoms with Crippen LogP contribution in [0.5, 0.6) is 11.5 Å². The summed E-state index contributed by atoms with van der Waals surface area (Å²) in [6.07, 6.45) is 1.87.